The minimum absolute atomic E-state index is 0.0117. The number of aliphatic imine (C=N–C) groups is 1. The van der Waals surface area contributed by atoms with Crippen LogP contribution in [0.25, 0.3) is 0 Å². The molecule has 33 heavy (non-hydrogen) atoms. The fourth-order valence-corrected chi connectivity index (χ4v) is 4.76. The molecule has 10 heteroatoms. The molecule has 0 radical (unpaired) electrons. The van der Waals surface area contributed by atoms with Gasteiger partial charge in [-0.1, -0.05) is 11.6 Å². The van der Waals surface area contributed by atoms with Gasteiger partial charge >= 0.3 is 0 Å². The van der Waals surface area contributed by atoms with Crippen LogP contribution in [0.2, 0.25) is 5.02 Å². The number of nitrogens with zero attached hydrogens (tertiary/aromatic N) is 3. The molecule has 2 heterocycles. The number of nitrogens with one attached hydrogen (secondary N) is 4. The van der Waals surface area contributed by atoms with Gasteiger partial charge in [-0.05, 0) is 90.9 Å². The number of guanidine groups is 1. The van der Waals surface area contributed by atoms with Crippen LogP contribution in [0.4, 0.5) is 16.0 Å². The van der Waals surface area contributed by atoms with Crippen molar-refractivity contribution in [2.45, 2.75) is 71.5 Å². The topological polar surface area (TPSA) is 86.3 Å². The maximum atomic E-state index is 13.5. The quantitative estimate of drug-likeness (QED) is 0.274. The van der Waals surface area contributed by atoms with E-state index in [0.717, 1.165) is 24.2 Å². The van der Waals surface area contributed by atoms with Crippen LogP contribution >= 0.6 is 23.8 Å². The van der Waals surface area contributed by atoms with E-state index >= 15 is 0 Å². The van der Waals surface area contributed by atoms with Gasteiger partial charge in [0.15, 0.2) is 5.11 Å². The van der Waals surface area contributed by atoms with Crippen LogP contribution in [0, 0.1) is 19.7 Å². The molecule has 0 unspecified atom stereocenters. The first-order chi connectivity index (χ1) is 15.3. The lowest BCUT2D eigenvalue weighted by atomic mass is 9.80. The lowest BCUT2D eigenvalue weighted by Gasteiger charge is -2.45. The number of hydrogen-bond acceptors (Lipinski definition) is 5. The zero-order valence-corrected chi connectivity index (χ0v) is 21.4. The molecule has 2 aromatic rings. The largest absolute Gasteiger partial charge is 0.332 e. The molecule has 178 valence electrons. The SMILES string of the molecule is Cc1cc(C)nc(NC(=NC2CC(C)(C)NC(C)(C)C2)NC(=S)Nc2ccc(F)c(Cl)c2)n1. The third kappa shape index (κ3) is 7.58. The highest BCUT2D eigenvalue weighted by atomic mass is 35.5. The van der Waals surface area contributed by atoms with Crippen molar-refractivity contribution in [1.82, 2.24) is 20.6 Å². The van der Waals surface area contributed by atoms with E-state index in [1.165, 1.54) is 12.1 Å². The van der Waals surface area contributed by atoms with Gasteiger partial charge in [0.1, 0.15) is 5.82 Å². The van der Waals surface area contributed by atoms with Gasteiger partial charge in [-0.3, -0.25) is 5.32 Å². The Morgan fingerprint density at radius 2 is 1.70 bits per heavy atom. The molecular formula is C23H31ClFN7S. The molecule has 1 aliphatic rings. The Bertz CT molecular complexity index is 1030. The van der Waals surface area contributed by atoms with E-state index in [2.05, 4.69) is 58.9 Å². The first-order valence-corrected chi connectivity index (χ1v) is 11.6. The Hall–Kier alpha value is -2.36. The molecule has 0 saturated carbocycles. The summed E-state index contributed by atoms with van der Waals surface area (Å²) in [5.74, 6) is 0.371. The third-order valence-electron chi connectivity index (χ3n) is 5.10. The molecule has 0 spiro atoms. The van der Waals surface area contributed by atoms with Gasteiger partial charge in [0, 0.05) is 28.2 Å². The summed E-state index contributed by atoms with van der Waals surface area (Å²) < 4.78 is 13.5. The monoisotopic (exact) mass is 491 g/mol. The average Bonchev–Trinajstić information content (AvgIpc) is 2.61. The van der Waals surface area contributed by atoms with Gasteiger partial charge in [-0.2, -0.15) is 0 Å². The maximum absolute atomic E-state index is 13.5. The summed E-state index contributed by atoms with van der Waals surface area (Å²) in [4.78, 5) is 13.9. The van der Waals surface area contributed by atoms with Gasteiger partial charge in [0.05, 0.1) is 11.1 Å². The van der Waals surface area contributed by atoms with E-state index in [0.29, 0.717) is 17.6 Å². The second-order valence-corrected chi connectivity index (χ2v) is 10.6. The van der Waals surface area contributed by atoms with Crippen molar-refractivity contribution < 1.29 is 4.39 Å². The highest BCUT2D eigenvalue weighted by Gasteiger charge is 2.37. The van der Waals surface area contributed by atoms with Crippen LogP contribution < -0.4 is 21.3 Å². The van der Waals surface area contributed by atoms with Gasteiger partial charge < -0.3 is 16.0 Å². The highest BCUT2D eigenvalue weighted by molar-refractivity contribution is 7.80. The summed E-state index contributed by atoms with van der Waals surface area (Å²) in [5.41, 5.74) is 2.11. The highest BCUT2D eigenvalue weighted by Crippen LogP contribution is 2.30. The molecule has 0 atom stereocenters. The Kier molecular flexibility index (Phi) is 7.55. The van der Waals surface area contributed by atoms with Crippen LogP contribution in [0.3, 0.4) is 0 Å². The lowest BCUT2D eigenvalue weighted by molar-refractivity contribution is 0.164. The average molecular weight is 492 g/mol. The fourth-order valence-electron chi connectivity index (χ4n) is 4.37. The number of piperidine rings is 1. The molecule has 4 N–H and O–H groups in total. The van der Waals surface area contributed by atoms with E-state index in [1.54, 1.807) is 6.07 Å². The zero-order chi connectivity index (χ0) is 24.4. The molecule has 0 bridgehead atoms. The number of hydrogen-bond donors (Lipinski definition) is 4. The van der Waals surface area contributed by atoms with Crippen molar-refractivity contribution in [3.63, 3.8) is 0 Å². The van der Waals surface area contributed by atoms with Crippen molar-refractivity contribution in [2.75, 3.05) is 10.6 Å². The molecule has 1 aromatic heterocycles. The molecule has 1 aliphatic heterocycles. The summed E-state index contributed by atoms with van der Waals surface area (Å²) in [6.07, 6.45) is 1.70. The van der Waals surface area contributed by atoms with E-state index in [1.807, 2.05) is 19.9 Å². The standard InChI is InChI=1S/C23H31ClFN7S/c1-13-9-14(2)27-19(26-13)30-20(28-16-11-22(3,4)32-23(5,6)12-16)31-21(33)29-15-7-8-18(25)17(24)10-15/h7-10,16,32H,11-12H2,1-6H3,(H3,26,27,28,29,30,31,33). The van der Waals surface area contributed by atoms with Crippen LogP contribution in [-0.4, -0.2) is 38.2 Å². The molecular weight excluding hydrogens is 461 g/mol. The van der Waals surface area contributed by atoms with Crippen molar-refractivity contribution >= 4 is 46.5 Å². The summed E-state index contributed by atoms with van der Waals surface area (Å²) in [7, 11) is 0. The number of aryl methyl sites for hydroxylation is 2. The second kappa shape index (κ2) is 9.87. The van der Waals surface area contributed by atoms with Gasteiger partial charge in [-0.15, -0.1) is 0 Å². The summed E-state index contributed by atoms with van der Waals surface area (Å²) >= 11 is 11.4. The van der Waals surface area contributed by atoms with Crippen molar-refractivity contribution in [3.05, 3.63) is 46.5 Å². The van der Waals surface area contributed by atoms with Crippen molar-refractivity contribution in [2.24, 2.45) is 4.99 Å². The van der Waals surface area contributed by atoms with E-state index < -0.39 is 5.82 Å². The number of benzene rings is 1. The first kappa shape index (κ1) is 25.3. The van der Waals surface area contributed by atoms with Crippen LogP contribution in [0.1, 0.15) is 51.9 Å². The predicted molar refractivity (Wildman–Crippen MR) is 138 cm³/mol. The summed E-state index contributed by atoms with van der Waals surface area (Å²) in [6.45, 7) is 12.5. The minimum atomic E-state index is -0.492. The van der Waals surface area contributed by atoms with Gasteiger partial charge in [-0.25, -0.2) is 19.4 Å². The Balaban J connectivity index is 1.84. The molecule has 0 amide bonds. The van der Waals surface area contributed by atoms with Crippen LogP contribution in [0.15, 0.2) is 29.3 Å². The van der Waals surface area contributed by atoms with Crippen molar-refractivity contribution in [3.8, 4) is 0 Å². The molecule has 1 aromatic carbocycles. The minimum Gasteiger partial charge on any atom is -0.332 e. The van der Waals surface area contributed by atoms with E-state index in [9.17, 15) is 4.39 Å². The van der Waals surface area contributed by atoms with Crippen LogP contribution in [-0.2, 0) is 0 Å². The van der Waals surface area contributed by atoms with Crippen LogP contribution in [0.5, 0.6) is 0 Å². The third-order valence-corrected chi connectivity index (χ3v) is 5.60. The fraction of sp³-hybridized carbons (Fsp3) is 0.478. The van der Waals surface area contributed by atoms with E-state index in [4.69, 9.17) is 28.8 Å². The molecule has 3 rings (SSSR count). The van der Waals surface area contributed by atoms with Gasteiger partial charge in [0.25, 0.3) is 0 Å². The smallest absolute Gasteiger partial charge is 0.229 e. The Labute approximate surface area is 205 Å². The summed E-state index contributed by atoms with van der Waals surface area (Å²) in [6, 6.07) is 6.26. The van der Waals surface area contributed by atoms with Gasteiger partial charge in [0.2, 0.25) is 11.9 Å². The second-order valence-electron chi connectivity index (χ2n) is 9.74. The molecule has 7 nitrogen and oxygen atoms in total. The normalized spacial score (nSPS) is 18.0. The van der Waals surface area contributed by atoms with Crippen molar-refractivity contribution in [1.29, 1.82) is 0 Å². The molecule has 1 fully saturated rings. The van der Waals surface area contributed by atoms with E-state index in [-0.39, 0.29) is 27.3 Å². The Morgan fingerprint density at radius 3 is 2.27 bits per heavy atom. The molecule has 1 saturated heterocycles. The number of aromatic nitrogens is 2. The number of thiocarbonyl (C=S) groups is 1. The Morgan fingerprint density at radius 1 is 1.09 bits per heavy atom. The number of halogens is 2. The summed E-state index contributed by atoms with van der Waals surface area (Å²) in [5, 5.41) is 13.3. The zero-order valence-electron chi connectivity index (χ0n) is 19.8. The molecule has 0 aliphatic carbocycles. The maximum Gasteiger partial charge on any atom is 0.229 e. The first-order valence-electron chi connectivity index (χ1n) is 10.8. The number of rotatable bonds is 3. The lowest BCUT2D eigenvalue weighted by Crippen LogP contribution is -2.59. The number of anilines is 2. The predicted octanol–water partition coefficient (Wildman–Crippen LogP) is 4.95.